The first-order chi connectivity index (χ1) is 8.50. The number of hydrogen-bond acceptors (Lipinski definition) is 1. The van der Waals surface area contributed by atoms with Gasteiger partial charge >= 0.3 is 0 Å². The van der Waals surface area contributed by atoms with E-state index in [0.717, 1.165) is 19.3 Å². The number of rotatable bonds is 3. The Morgan fingerprint density at radius 3 is 2.78 bits per heavy atom. The molecule has 1 fully saturated rings. The Bertz CT molecular complexity index is 402. The van der Waals surface area contributed by atoms with Crippen LogP contribution in [0.25, 0.3) is 0 Å². The highest BCUT2D eigenvalue weighted by Crippen LogP contribution is 2.38. The monoisotopic (exact) mass is 250 g/mol. The van der Waals surface area contributed by atoms with Crippen LogP contribution in [0, 0.1) is 17.7 Å². The molecule has 0 aromatic heterocycles. The molecule has 2 atom stereocenters. The summed E-state index contributed by atoms with van der Waals surface area (Å²) in [5, 5.41) is 10.7. The number of halogens is 1. The quantitative estimate of drug-likeness (QED) is 0.861. The standard InChI is InChI=1S/C16H23FO/c1-12(2)13-7-5-9-16(18,10-13)11-14-6-3-4-8-15(14)17/h3-4,6,8,12-13,18H,5,7,9-11H2,1-2H3. The zero-order valence-electron chi connectivity index (χ0n) is 11.3. The molecule has 1 aliphatic rings. The average Bonchev–Trinajstić information content (AvgIpc) is 2.32. The van der Waals surface area contributed by atoms with Gasteiger partial charge in [0.15, 0.2) is 0 Å². The van der Waals surface area contributed by atoms with Crippen LogP contribution < -0.4 is 0 Å². The fourth-order valence-electron chi connectivity index (χ4n) is 3.11. The normalized spacial score (nSPS) is 28.6. The Morgan fingerprint density at radius 1 is 1.39 bits per heavy atom. The summed E-state index contributed by atoms with van der Waals surface area (Å²) in [7, 11) is 0. The van der Waals surface area contributed by atoms with Gasteiger partial charge in [-0.05, 0) is 42.7 Å². The van der Waals surface area contributed by atoms with E-state index in [0.29, 0.717) is 23.8 Å². The van der Waals surface area contributed by atoms with Crippen molar-refractivity contribution in [1.29, 1.82) is 0 Å². The van der Waals surface area contributed by atoms with E-state index in [1.54, 1.807) is 12.1 Å². The summed E-state index contributed by atoms with van der Waals surface area (Å²) in [4.78, 5) is 0. The Hall–Kier alpha value is -0.890. The lowest BCUT2D eigenvalue weighted by Crippen LogP contribution is -2.39. The zero-order valence-corrected chi connectivity index (χ0v) is 11.3. The van der Waals surface area contributed by atoms with Gasteiger partial charge in [-0.1, -0.05) is 38.5 Å². The van der Waals surface area contributed by atoms with E-state index >= 15 is 0 Å². The van der Waals surface area contributed by atoms with Crippen molar-refractivity contribution in [3.8, 4) is 0 Å². The van der Waals surface area contributed by atoms with E-state index < -0.39 is 5.60 Å². The lowest BCUT2D eigenvalue weighted by molar-refractivity contribution is -0.0245. The molecule has 2 heteroatoms. The van der Waals surface area contributed by atoms with Gasteiger partial charge in [0, 0.05) is 6.42 Å². The fourth-order valence-corrected chi connectivity index (χ4v) is 3.11. The van der Waals surface area contributed by atoms with E-state index in [1.807, 2.05) is 6.07 Å². The molecule has 0 amide bonds. The molecule has 1 saturated carbocycles. The largest absolute Gasteiger partial charge is 0.390 e. The summed E-state index contributed by atoms with van der Waals surface area (Å²) < 4.78 is 13.7. The van der Waals surface area contributed by atoms with Gasteiger partial charge in [-0.25, -0.2) is 4.39 Å². The number of aliphatic hydroxyl groups is 1. The molecule has 0 heterocycles. The van der Waals surface area contributed by atoms with E-state index in [2.05, 4.69) is 13.8 Å². The minimum Gasteiger partial charge on any atom is -0.390 e. The van der Waals surface area contributed by atoms with Crippen LogP contribution in [0.1, 0.15) is 45.1 Å². The first-order valence-electron chi connectivity index (χ1n) is 6.96. The van der Waals surface area contributed by atoms with Crippen molar-refractivity contribution in [2.45, 2.75) is 51.6 Å². The van der Waals surface area contributed by atoms with Crippen molar-refractivity contribution in [2.75, 3.05) is 0 Å². The van der Waals surface area contributed by atoms with Gasteiger partial charge in [0.1, 0.15) is 5.82 Å². The van der Waals surface area contributed by atoms with Crippen molar-refractivity contribution < 1.29 is 9.50 Å². The summed E-state index contributed by atoms with van der Waals surface area (Å²) in [5.41, 5.74) is -0.0699. The van der Waals surface area contributed by atoms with Crippen LogP contribution >= 0.6 is 0 Å². The highest BCUT2D eigenvalue weighted by atomic mass is 19.1. The lowest BCUT2D eigenvalue weighted by Gasteiger charge is -2.38. The Kier molecular flexibility index (Phi) is 4.06. The third kappa shape index (κ3) is 3.11. The highest BCUT2D eigenvalue weighted by molar-refractivity contribution is 5.19. The Morgan fingerprint density at radius 2 is 2.11 bits per heavy atom. The minimum atomic E-state index is -0.713. The van der Waals surface area contributed by atoms with Gasteiger partial charge in [0.2, 0.25) is 0 Å². The smallest absolute Gasteiger partial charge is 0.126 e. The Labute approximate surface area is 109 Å². The lowest BCUT2D eigenvalue weighted by atomic mass is 9.71. The molecular weight excluding hydrogens is 227 g/mol. The number of benzene rings is 1. The third-order valence-corrected chi connectivity index (χ3v) is 4.28. The van der Waals surface area contributed by atoms with Crippen molar-refractivity contribution in [3.05, 3.63) is 35.6 Å². The van der Waals surface area contributed by atoms with Crippen LogP contribution in [0.4, 0.5) is 4.39 Å². The molecule has 1 aromatic rings. The van der Waals surface area contributed by atoms with Gasteiger partial charge < -0.3 is 5.11 Å². The molecule has 100 valence electrons. The van der Waals surface area contributed by atoms with Crippen LogP contribution in [-0.4, -0.2) is 10.7 Å². The minimum absolute atomic E-state index is 0.197. The maximum atomic E-state index is 13.7. The second kappa shape index (κ2) is 5.40. The van der Waals surface area contributed by atoms with Crippen LogP contribution in [0.3, 0.4) is 0 Å². The van der Waals surface area contributed by atoms with E-state index in [9.17, 15) is 9.50 Å². The second-order valence-electron chi connectivity index (χ2n) is 6.09. The second-order valence-corrected chi connectivity index (χ2v) is 6.09. The molecule has 0 aliphatic heterocycles. The molecule has 0 spiro atoms. The van der Waals surface area contributed by atoms with Crippen molar-refractivity contribution in [1.82, 2.24) is 0 Å². The fraction of sp³-hybridized carbons (Fsp3) is 0.625. The molecule has 0 bridgehead atoms. The van der Waals surface area contributed by atoms with Crippen LogP contribution in [-0.2, 0) is 6.42 Å². The zero-order chi connectivity index (χ0) is 13.2. The molecule has 1 N–H and O–H groups in total. The molecule has 2 unspecified atom stereocenters. The molecule has 1 aromatic carbocycles. The Balaban J connectivity index is 2.09. The van der Waals surface area contributed by atoms with Gasteiger partial charge in [0.05, 0.1) is 5.60 Å². The molecule has 0 radical (unpaired) electrons. The van der Waals surface area contributed by atoms with Crippen molar-refractivity contribution in [2.24, 2.45) is 11.8 Å². The molecule has 1 aliphatic carbocycles. The maximum Gasteiger partial charge on any atom is 0.126 e. The van der Waals surface area contributed by atoms with E-state index in [4.69, 9.17) is 0 Å². The molecule has 18 heavy (non-hydrogen) atoms. The summed E-state index contributed by atoms with van der Waals surface area (Å²) in [6.45, 7) is 4.42. The highest BCUT2D eigenvalue weighted by Gasteiger charge is 2.35. The predicted octanol–water partition coefficient (Wildman–Crippen LogP) is 3.95. The van der Waals surface area contributed by atoms with Crippen molar-refractivity contribution in [3.63, 3.8) is 0 Å². The maximum absolute atomic E-state index is 13.7. The van der Waals surface area contributed by atoms with Crippen molar-refractivity contribution >= 4 is 0 Å². The van der Waals surface area contributed by atoms with Gasteiger partial charge in [0.25, 0.3) is 0 Å². The summed E-state index contributed by atoms with van der Waals surface area (Å²) in [6, 6.07) is 6.79. The SMILES string of the molecule is CC(C)C1CCCC(O)(Cc2ccccc2F)C1. The summed E-state index contributed by atoms with van der Waals surface area (Å²) in [6.07, 6.45) is 4.29. The average molecular weight is 250 g/mol. The van der Waals surface area contributed by atoms with Crippen LogP contribution in [0.5, 0.6) is 0 Å². The molecular formula is C16H23FO. The summed E-state index contributed by atoms with van der Waals surface area (Å²) in [5.74, 6) is 0.963. The first kappa shape index (κ1) is 13.5. The summed E-state index contributed by atoms with van der Waals surface area (Å²) >= 11 is 0. The third-order valence-electron chi connectivity index (χ3n) is 4.28. The molecule has 1 nitrogen and oxygen atoms in total. The van der Waals surface area contributed by atoms with E-state index in [1.165, 1.54) is 12.5 Å². The molecule has 0 saturated heterocycles. The topological polar surface area (TPSA) is 20.2 Å². The van der Waals surface area contributed by atoms with Crippen LogP contribution in [0.2, 0.25) is 0 Å². The number of hydrogen-bond donors (Lipinski definition) is 1. The van der Waals surface area contributed by atoms with Gasteiger partial charge in [-0.2, -0.15) is 0 Å². The van der Waals surface area contributed by atoms with Gasteiger partial charge in [-0.3, -0.25) is 0 Å². The van der Waals surface area contributed by atoms with Crippen LogP contribution in [0.15, 0.2) is 24.3 Å². The van der Waals surface area contributed by atoms with Gasteiger partial charge in [-0.15, -0.1) is 0 Å². The van der Waals surface area contributed by atoms with E-state index in [-0.39, 0.29) is 5.82 Å². The first-order valence-corrected chi connectivity index (χ1v) is 6.96. The predicted molar refractivity (Wildman–Crippen MR) is 71.8 cm³/mol. The molecule has 2 rings (SSSR count).